The van der Waals surface area contributed by atoms with Gasteiger partial charge >= 0.3 is 5.97 Å². The van der Waals surface area contributed by atoms with Crippen LogP contribution in [0.5, 0.6) is 0 Å². The summed E-state index contributed by atoms with van der Waals surface area (Å²) in [6, 6.07) is 21.0. The molecule has 3 heterocycles. The number of aromatic carboxylic acids is 1. The average molecular weight is 597 g/mol. The summed E-state index contributed by atoms with van der Waals surface area (Å²) < 4.78 is 16.6. The second kappa shape index (κ2) is 10.8. The highest BCUT2D eigenvalue weighted by Gasteiger charge is 2.29. The van der Waals surface area contributed by atoms with Crippen molar-refractivity contribution < 1.29 is 14.3 Å². The smallest absolute Gasteiger partial charge is 0.355 e. The SMILES string of the molecule is NSc1ccc(Cc2c(-c3cccc(-c4nc5ccccc5[nH]4)c3)nn(-c3nc(C(=O)O)cs3)c2CC2CC2)cc1F. The van der Waals surface area contributed by atoms with Crippen LogP contribution in [0.4, 0.5) is 4.39 Å². The van der Waals surface area contributed by atoms with Crippen LogP contribution in [0.15, 0.2) is 77.0 Å². The molecule has 0 amide bonds. The average Bonchev–Trinajstić information content (AvgIpc) is 3.36. The minimum absolute atomic E-state index is 0.0187. The molecular formula is C31H25FN6O2S2. The summed E-state index contributed by atoms with van der Waals surface area (Å²) in [4.78, 5) is 24.6. The molecule has 7 rings (SSSR count). The molecule has 0 radical (unpaired) electrons. The van der Waals surface area contributed by atoms with Gasteiger partial charge in [-0.1, -0.05) is 36.4 Å². The fraction of sp³-hybridized carbons (Fsp3) is 0.161. The molecule has 42 heavy (non-hydrogen) atoms. The van der Waals surface area contributed by atoms with Crippen molar-refractivity contribution in [2.24, 2.45) is 11.1 Å². The van der Waals surface area contributed by atoms with E-state index < -0.39 is 5.97 Å². The summed E-state index contributed by atoms with van der Waals surface area (Å²) in [6.45, 7) is 0. The molecule has 1 fully saturated rings. The highest BCUT2D eigenvalue weighted by molar-refractivity contribution is 7.97. The van der Waals surface area contributed by atoms with Gasteiger partial charge in [-0.25, -0.2) is 23.8 Å². The largest absolute Gasteiger partial charge is 0.476 e. The summed E-state index contributed by atoms with van der Waals surface area (Å²) >= 11 is 2.12. The van der Waals surface area contributed by atoms with Crippen molar-refractivity contribution in [1.82, 2.24) is 24.7 Å². The third kappa shape index (κ3) is 5.11. The number of carboxylic acids is 1. The lowest BCUT2D eigenvalue weighted by Gasteiger charge is -2.10. The van der Waals surface area contributed by atoms with Crippen LogP contribution in [0.1, 0.15) is 40.2 Å². The van der Waals surface area contributed by atoms with E-state index in [0.717, 1.165) is 81.7 Å². The Labute approximate surface area is 248 Å². The molecule has 4 N–H and O–H groups in total. The number of benzene rings is 3. The first-order valence-corrected chi connectivity index (χ1v) is 15.2. The van der Waals surface area contributed by atoms with Gasteiger partial charge < -0.3 is 10.1 Å². The van der Waals surface area contributed by atoms with Gasteiger partial charge in [-0.2, -0.15) is 5.10 Å². The summed E-state index contributed by atoms with van der Waals surface area (Å²) in [5, 5.41) is 22.2. The quantitative estimate of drug-likeness (QED) is 0.155. The molecule has 0 bridgehead atoms. The first kappa shape index (κ1) is 26.6. The highest BCUT2D eigenvalue weighted by Crippen LogP contribution is 2.39. The first-order valence-electron chi connectivity index (χ1n) is 13.5. The third-order valence-corrected chi connectivity index (χ3v) is 8.87. The van der Waals surface area contributed by atoms with E-state index in [2.05, 4.69) is 9.97 Å². The number of aromatic amines is 1. The molecule has 6 aromatic rings. The Balaban J connectivity index is 1.39. The van der Waals surface area contributed by atoms with Gasteiger partial charge in [-0.3, -0.25) is 5.14 Å². The van der Waals surface area contributed by atoms with Gasteiger partial charge in [0.2, 0.25) is 5.13 Å². The minimum Gasteiger partial charge on any atom is -0.476 e. The number of hydrogen-bond donors (Lipinski definition) is 3. The zero-order chi connectivity index (χ0) is 28.8. The van der Waals surface area contributed by atoms with E-state index in [1.54, 1.807) is 10.7 Å². The van der Waals surface area contributed by atoms with Crippen molar-refractivity contribution in [3.8, 4) is 27.8 Å². The summed E-state index contributed by atoms with van der Waals surface area (Å²) in [7, 11) is 0. The lowest BCUT2D eigenvalue weighted by atomic mass is 9.96. The number of nitrogens with two attached hydrogens (primary N) is 1. The number of nitrogens with zero attached hydrogens (tertiary/aromatic N) is 4. The second-order valence-corrected chi connectivity index (χ2v) is 11.9. The molecule has 1 saturated carbocycles. The highest BCUT2D eigenvalue weighted by atomic mass is 32.2. The number of para-hydroxylation sites is 2. The number of rotatable bonds is 9. The first-order chi connectivity index (χ1) is 20.5. The maximum absolute atomic E-state index is 14.8. The van der Waals surface area contributed by atoms with E-state index in [1.807, 2.05) is 54.6 Å². The van der Waals surface area contributed by atoms with Crippen molar-refractivity contribution in [2.45, 2.75) is 30.6 Å². The van der Waals surface area contributed by atoms with Crippen molar-refractivity contribution >= 4 is 40.3 Å². The lowest BCUT2D eigenvalue weighted by Crippen LogP contribution is -2.06. The van der Waals surface area contributed by atoms with E-state index >= 15 is 0 Å². The Morgan fingerprint density at radius 2 is 1.93 bits per heavy atom. The van der Waals surface area contributed by atoms with Crippen LogP contribution in [-0.4, -0.2) is 35.8 Å². The number of carboxylic acid groups (broad SMARTS) is 1. The molecule has 0 spiro atoms. The van der Waals surface area contributed by atoms with E-state index in [4.69, 9.17) is 15.2 Å². The van der Waals surface area contributed by atoms with E-state index in [9.17, 15) is 14.3 Å². The molecular weight excluding hydrogens is 572 g/mol. The monoisotopic (exact) mass is 596 g/mol. The topological polar surface area (TPSA) is 123 Å². The summed E-state index contributed by atoms with van der Waals surface area (Å²) in [5.41, 5.74) is 7.07. The second-order valence-electron chi connectivity index (χ2n) is 10.4. The molecule has 1 aliphatic carbocycles. The number of carbonyl (C=O) groups is 1. The Morgan fingerprint density at radius 3 is 2.67 bits per heavy atom. The van der Waals surface area contributed by atoms with Crippen molar-refractivity contribution in [1.29, 1.82) is 0 Å². The van der Waals surface area contributed by atoms with Crippen molar-refractivity contribution in [2.75, 3.05) is 0 Å². The Kier molecular flexibility index (Phi) is 6.85. The molecule has 0 atom stereocenters. The van der Waals surface area contributed by atoms with Gasteiger partial charge in [-0.05, 0) is 73.0 Å². The van der Waals surface area contributed by atoms with Crippen LogP contribution in [0.2, 0.25) is 0 Å². The maximum Gasteiger partial charge on any atom is 0.355 e. The van der Waals surface area contributed by atoms with E-state index in [1.165, 1.54) is 22.8 Å². The van der Waals surface area contributed by atoms with E-state index in [-0.39, 0.29) is 11.5 Å². The Morgan fingerprint density at radius 1 is 1.10 bits per heavy atom. The van der Waals surface area contributed by atoms with Gasteiger partial charge in [0.15, 0.2) is 5.69 Å². The number of aromatic nitrogens is 5. The minimum atomic E-state index is -1.08. The molecule has 0 unspecified atom stereocenters. The number of thiazole rings is 1. The lowest BCUT2D eigenvalue weighted by molar-refractivity contribution is 0.0691. The number of hydrogen-bond acceptors (Lipinski definition) is 7. The van der Waals surface area contributed by atoms with Crippen molar-refractivity contribution in [3.05, 3.63) is 100 Å². The van der Waals surface area contributed by atoms with E-state index in [0.29, 0.717) is 22.4 Å². The van der Waals surface area contributed by atoms with Crippen molar-refractivity contribution in [3.63, 3.8) is 0 Å². The van der Waals surface area contributed by atoms with Gasteiger partial charge in [0.05, 0.1) is 27.3 Å². The third-order valence-electron chi connectivity index (χ3n) is 7.46. The molecule has 3 aromatic heterocycles. The van der Waals surface area contributed by atoms with Crippen LogP contribution in [0.3, 0.4) is 0 Å². The molecule has 0 aliphatic heterocycles. The molecule has 1 aliphatic rings. The number of imidazole rings is 1. The summed E-state index contributed by atoms with van der Waals surface area (Å²) in [5.74, 6) is -0.183. The maximum atomic E-state index is 14.8. The zero-order valence-electron chi connectivity index (χ0n) is 22.3. The fourth-order valence-electron chi connectivity index (χ4n) is 5.18. The number of fused-ring (bicyclic) bond motifs is 1. The molecule has 11 heteroatoms. The van der Waals surface area contributed by atoms with Gasteiger partial charge in [0.25, 0.3) is 0 Å². The van der Waals surface area contributed by atoms with Gasteiger partial charge in [-0.15, -0.1) is 11.3 Å². The normalized spacial score (nSPS) is 13.2. The molecule has 0 saturated heterocycles. The van der Waals surface area contributed by atoms with Crippen LogP contribution >= 0.6 is 23.3 Å². The molecule has 210 valence electrons. The number of halogens is 1. The molecule has 8 nitrogen and oxygen atoms in total. The van der Waals surface area contributed by atoms with Crippen LogP contribution in [0, 0.1) is 11.7 Å². The standard InChI is InChI=1S/C31H25FN6O2S2/c32-22-13-18(10-11-27(22)42-33)12-21-26(14-17-8-9-17)38(31-36-25(16-41-31)30(39)40)37-28(21)19-4-3-5-20(15-19)29-34-23-6-1-2-7-24(23)35-29/h1-7,10-11,13,15-17H,8-9,12,14,33H2,(H,34,35)(H,39,40). The zero-order valence-corrected chi connectivity index (χ0v) is 23.9. The van der Waals surface area contributed by atoms with Crippen LogP contribution < -0.4 is 5.14 Å². The van der Waals surface area contributed by atoms with Crippen LogP contribution in [0.25, 0.3) is 38.8 Å². The van der Waals surface area contributed by atoms with Gasteiger partial charge in [0, 0.05) is 28.5 Å². The fourth-order valence-corrected chi connectivity index (χ4v) is 6.27. The number of H-pyrrole nitrogens is 1. The molecule has 3 aromatic carbocycles. The predicted octanol–water partition coefficient (Wildman–Crippen LogP) is 6.89. The predicted molar refractivity (Wildman–Crippen MR) is 162 cm³/mol. The van der Waals surface area contributed by atoms with Gasteiger partial charge in [0.1, 0.15) is 11.6 Å². The Hall–Kier alpha value is -4.32. The Bertz CT molecular complexity index is 1930. The van der Waals surface area contributed by atoms with Crippen LogP contribution in [-0.2, 0) is 12.8 Å². The summed E-state index contributed by atoms with van der Waals surface area (Å²) in [6.07, 6.45) is 3.45. The number of nitrogens with one attached hydrogen (secondary N) is 1.